The Balaban J connectivity index is 3.38. The van der Waals surface area contributed by atoms with E-state index < -0.39 is 10.7 Å². The molecule has 0 saturated carbocycles. The molecule has 0 heterocycles. The van der Waals surface area contributed by atoms with E-state index >= 15 is 0 Å². The van der Waals surface area contributed by atoms with Crippen LogP contribution in [0.3, 0.4) is 0 Å². The summed E-state index contributed by atoms with van der Waals surface area (Å²) in [5.41, 5.74) is -0.448. The van der Waals surface area contributed by atoms with E-state index in [1.165, 1.54) is 0 Å². The van der Waals surface area contributed by atoms with Crippen molar-refractivity contribution >= 4 is 22.3 Å². The molecule has 0 saturated heterocycles. The lowest BCUT2D eigenvalue weighted by atomic mass is 10.1. The van der Waals surface area contributed by atoms with Gasteiger partial charge in [-0.25, -0.2) is 4.39 Å². The molecule has 15 heavy (non-hydrogen) atoms. The zero-order valence-corrected chi connectivity index (χ0v) is 8.03. The Labute approximate surface area is 89.4 Å². The second-order valence-corrected chi connectivity index (χ2v) is 2.95. The first-order valence-electron chi connectivity index (χ1n) is 3.76. The van der Waals surface area contributed by atoms with Crippen LogP contribution in [0, 0.1) is 27.3 Å². The van der Waals surface area contributed by atoms with Crippen LogP contribution in [0.5, 0.6) is 0 Å². The van der Waals surface area contributed by atoms with Crippen molar-refractivity contribution in [2.45, 2.75) is 0 Å². The molecule has 0 spiro atoms. The van der Waals surface area contributed by atoms with Gasteiger partial charge in [-0.1, -0.05) is 11.6 Å². The van der Waals surface area contributed by atoms with Gasteiger partial charge in [0.2, 0.25) is 0 Å². The van der Waals surface area contributed by atoms with Crippen LogP contribution in [0.15, 0.2) is 24.3 Å². The van der Waals surface area contributed by atoms with E-state index in [9.17, 15) is 14.5 Å². The van der Waals surface area contributed by atoms with E-state index in [1.54, 1.807) is 6.07 Å². The quantitative estimate of drug-likeness (QED) is 0.442. The molecule has 0 bridgehead atoms. The number of nitriles is 1. The van der Waals surface area contributed by atoms with Gasteiger partial charge in [-0.05, 0) is 12.1 Å². The van der Waals surface area contributed by atoms with Crippen molar-refractivity contribution in [3.05, 3.63) is 45.8 Å². The van der Waals surface area contributed by atoms with Crippen LogP contribution in [0.2, 0.25) is 0 Å². The predicted molar refractivity (Wildman–Crippen MR) is 52.5 cm³/mol. The zero-order chi connectivity index (χ0) is 11.4. The van der Waals surface area contributed by atoms with Crippen LogP contribution >= 0.6 is 11.6 Å². The van der Waals surface area contributed by atoms with Crippen molar-refractivity contribution in [2.75, 3.05) is 0 Å². The molecule has 76 valence electrons. The molecule has 6 heteroatoms. The number of allylic oxidation sites excluding steroid dienone is 1. The zero-order valence-electron chi connectivity index (χ0n) is 7.28. The summed E-state index contributed by atoms with van der Waals surface area (Å²) >= 11 is 5.60. The normalized spacial score (nSPS) is 10.9. The highest BCUT2D eigenvalue weighted by molar-refractivity contribution is 6.49. The molecular weight excluding hydrogens is 223 g/mol. The Morgan fingerprint density at radius 2 is 2.33 bits per heavy atom. The Bertz CT molecular complexity index is 479. The predicted octanol–water partition coefficient (Wildman–Crippen LogP) is 2.84. The number of hydrogen-bond donors (Lipinski definition) is 0. The van der Waals surface area contributed by atoms with Gasteiger partial charge in [-0.3, -0.25) is 10.1 Å². The minimum Gasteiger partial charge on any atom is -0.258 e. The van der Waals surface area contributed by atoms with Gasteiger partial charge in [0.05, 0.1) is 21.6 Å². The fourth-order valence-corrected chi connectivity index (χ4v) is 1.19. The number of halogens is 2. The SMILES string of the molecule is N#C/C=C(\Cl)c1cc(F)ccc1[N+](=O)[O-]. The van der Waals surface area contributed by atoms with Gasteiger partial charge in [-0.2, -0.15) is 5.26 Å². The standard InChI is InChI=1S/C9H4ClFN2O2/c10-8(3-4-12)7-5-6(11)1-2-9(7)13(14)15/h1-3,5H/b8-3-. The third-order valence-corrected chi connectivity index (χ3v) is 1.92. The maximum atomic E-state index is 12.8. The average molecular weight is 227 g/mol. The van der Waals surface area contributed by atoms with E-state index in [4.69, 9.17) is 16.9 Å². The van der Waals surface area contributed by atoms with Crippen molar-refractivity contribution in [3.63, 3.8) is 0 Å². The topological polar surface area (TPSA) is 66.9 Å². The number of nitro groups is 1. The van der Waals surface area contributed by atoms with E-state index in [1.807, 2.05) is 0 Å². The van der Waals surface area contributed by atoms with E-state index in [2.05, 4.69) is 0 Å². The highest BCUT2D eigenvalue weighted by atomic mass is 35.5. The molecule has 0 aliphatic carbocycles. The van der Waals surface area contributed by atoms with Gasteiger partial charge in [0, 0.05) is 12.1 Å². The summed E-state index contributed by atoms with van der Waals surface area (Å²) in [4.78, 5) is 9.86. The fourth-order valence-electron chi connectivity index (χ4n) is 0.993. The first-order chi connectivity index (χ1) is 7.06. The summed E-state index contributed by atoms with van der Waals surface area (Å²) in [6.07, 6.45) is 0.906. The van der Waals surface area contributed by atoms with E-state index in [0.717, 1.165) is 24.3 Å². The first kappa shape index (κ1) is 11.1. The summed E-state index contributed by atoms with van der Waals surface area (Å²) in [5, 5.41) is 18.7. The van der Waals surface area contributed by atoms with Gasteiger partial charge in [0.1, 0.15) is 5.82 Å². The molecule has 0 amide bonds. The number of nitrogens with zero attached hydrogens (tertiary/aromatic N) is 2. The van der Waals surface area contributed by atoms with E-state index in [-0.39, 0.29) is 16.3 Å². The second-order valence-electron chi connectivity index (χ2n) is 2.54. The maximum absolute atomic E-state index is 12.8. The second kappa shape index (κ2) is 4.53. The van der Waals surface area contributed by atoms with Crippen molar-refractivity contribution < 1.29 is 9.31 Å². The van der Waals surface area contributed by atoms with Gasteiger partial charge < -0.3 is 0 Å². The van der Waals surface area contributed by atoms with Crippen LogP contribution < -0.4 is 0 Å². The molecule has 1 aromatic rings. The Kier molecular flexibility index (Phi) is 3.37. The highest BCUT2D eigenvalue weighted by Gasteiger charge is 2.16. The van der Waals surface area contributed by atoms with Gasteiger partial charge in [0.15, 0.2) is 0 Å². The molecule has 0 unspecified atom stereocenters. The molecule has 0 N–H and O–H groups in total. The van der Waals surface area contributed by atoms with E-state index in [0.29, 0.717) is 0 Å². The van der Waals surface area contributed by atoms with Crippen LogP contribution in [0.25, 0.3) is 5.03 Å². The van der Waals surface area contributed by atoms with Crippen LogP contribution in [0.4, 0.5) is 10.1 Å². The Morgan fingerprint density at radius 3 is 2.87 bits per heavy atom. The lowest BCUT2D eigenvalue weighted by Crippen LogP contribution is -1.93. The van der Waals surface area contributed by atoms with Crippen LogP contribution in [-0.2, 0) is 0 Å². The number of nitro benzene ring substituents is 1. The summed E-state index contributed by atoms with van der Waals surface area (Å²) in [5.74, 6) is -0.653. The smallest absolute Gasteiger partial charge is 0.258 e. The fraction of sp³-hybridized carbons (Fsp3) is 0. The average Bonchev–Trinajstić information content (AvgIpc) is 2.17. The molecular formula is C9H4ClFN2O2. The number of benzene rings is 1. The van der Waals surface area contributed by atoms with Crippen molar-refractivity contribution in [2.24, 2.45) is 0 Å². The summed E-state index contributed by atoms with van der Waals surface area (Å²) < 4.78 is 12.8. The van der Waals surface area contributed by atoms with Crippen LogP contribution in [0.1, 0.15) is 5.56 Å². The maximum Gasteiger partial charge on any atom is 0.278 e. The van der Waals surface area contributed by atoms with Gasteiger partial charge >= 0.3 is 0 Å². The molecule has 1 rings (SSSR count). The molecule has 0 atom stereocenters. The highest BCUT2D eigenvalue weighted by Crippen LogP contribution is 2.28. The monoisotopic (exact) mass is 226 g/mol. The van der Waals surface area contributed by atoms with Crippen molar-refractivity contribution in [1.29, 1.82) is 5.26 Å². The molecule has 0 radical (unpaired) electrons. The summed E-state index contributed by atoms with van der Waals surface area (Å²) in [6.45, 7) is 0. The minimum atomic E-state index is -0.692. The number of hydrogen-bond acceptors (Lipinski definition) is 3. The van der Waals surface area contributed by atoms with Crippen LogP contribution in [-0.4, -0.2) is 4.92 Å². The summed E-state index contributed by atoms with van der Waals surface area (Å²) in [7, 11) is 0. The molecule has 0 aromatic heterocycles. The summed E-state index contributed by atoms with van der Waals surface area (Å²) in [6, 6.07) is 4.48. The van der Waals surface area contributed by atoms with Crippen molar-refractivity contribution in [3.8, 4) is 6.07 Å². The Hall–Kier alpha value is -1.93. The third kappa shape index (κ3) is 2.51. The lowest BCUT2D eigenvalue weighted by Gasteiger charge is -2.00. The molecule has 0 fully saturated rings. The molecule has 4 nitrogen and oxygen atoms in total. The number of rotatable bonds is 2. The molecule has 1 aromatic carbocycles. The Morgan fingerprint density at radius 1 is 1.67 bits per heavy atom. The van der Waals surface area contributed by atoms with Gasteiger partial charge in [0.25, 0.3) is 5.69 Å². The first-order valence-corrected chi connectivity index (χ1v) is 4.13. The minimum absolute atomic E-state index is 0.108. The molecule has 0 aliphatic heterocycles. The third-order valence-electron chi connectivity index (χ3n) is 1.60. The largest absolute Gasteiger partial charge is 0.278 e. The lowest BCUT2D eigenvalue weighted by molar-refractivity contribution is -0.385. The molecule has 0 aliphatic rings. The van der Waals surface area contributed by atoms with Gasteiger partial charge in [-0.15, -0.1) is 0 Å². The van der Waals surface area contributed by atoms with Crippen molar-refractivity contribution in [1.82, 2.24) is 0 Å².